The lowest BCUT2D eigenvalue weighted by atomic mass is 10.3. The minimum Gasteiger partial charge on any atom is -0.431 e. The lowest BCUT2D eigenvalue weighted by Gasteiger charge is -2.13. The van der Waals surface area contributed by atoms with Crippen LogP contribution in [0.25, 0.3) is 0 Å². The van der Waals surface area contributed by atoms with Gasteiger partial charge in [0.15, 0.2) is 6.61 Å². The van der Waals surface area contributed by atoms with E-state index in [-0.39, 0.29) is 0 Å². The summed E-state index contributed by atoms with van der Waals surface area (Å²) in [7, 11) is 0. The number of rotatable bonds is 6. The van der Waals surface area contributed by atoms with Gasteiger partial charge >= 0.3 is 6.16 Å². The van der Waals surface area contributed by atoms with Crippen molar-refractivity contribution in [1.29, 1.82) is 0 Å². The second-order valence-corrected chi connectivity index (χ2v) is 2.93. The predicted molar refractivity (Wildman–Crippen MR) is 46.6 cm³/mol. The molecule has 0 saturated heterocycles. The van der Waals surface area contributed by atoms with Gasteiger partial charge in [-0.3, -0.25) is 4.79 Å². The van der Waals surface area contributed by atoms with Crippen molar-refractivity contribution in [1.82, 2.24) is 0 Å². The number of alkyl halides is 3. The van der Waals surface area contributed by atoms with Crippen molar-refractivity contribution >= 4 is 12.1 Å². The van der Waals surface area contributed by atoms with Crippen LogP contribution in [0.1, 0.15) is 13.3 Å². The van der Waals surface area contributed by atoms with Gasteiger partial charge in [0.1, 0.15) is 6.61 Å². The minimum absolute atomic E-state index is 0.507. The van der Waals surface area contributed by atoms with Gasteiger partial charge in [0, 0.05) is 6.42 Å². The SMILES string of the molecule is CCC(F)(F)COC(=O)OCC(F)C(N)=O. The largest absolute Gasteiger partial charge is 0.508 e. The van der Waals surface area contributed by atoms with Gasteiger partial charge in [0.2, 0.25) is 6.17 Å². The van der Waals surface area contributed by atoms with Crippen molar-refractivity contribution in [2.75, 3.05) is 13.2 Å². The van der Waals surface area contributed by atoms with Gasteiger partial charge in [-0.15, -0.1) is 0 Å². The molecular formula is C8H12F3NO4. The second kappa shape index (κ2) is 6.19. The molecule has 0 aliphatic rings. The van der Waals surface area contributed by atoms with Crippen LogP contribution in [0.15, 0.2) is 0 Å². The van der Waals surface area contributed by atoms with E-state index in [0.29, 0.717) is 0 Å². The fourth-order valence-electron chi connectivity index (χ4n) is 0.532. The maximum Gasteiger partial charge on any atom is 0.508 e. The summed E-state index contributed by atoms with van der Waals surface area (Å²) in [5.41, 5.74) is 4.52. The monoisotopic (exact) mass is 243 g/mol. The Hall–Kier alpha value is -1.47. The molecule has 8 heteroatoms. The van der Waals surface area contributed by atoms with Crippen LogP contribution in [0.2, 0.25) is 0 Å². The van der Waals surface area contributed by atoms with E-state index in [1.54, 1.807) is 0 Å². The number of carbonyl (C=O) groups is 2. The second-order valence-electron chi connectivity index (χ2n) is 2.93. The molecule has 0 spiro atoms. The van der Waals surface area contributed by atoms with Gasteiger partial charge in [0.05, 0.1) is 0 Å². The standard InChI is InChI=1S/C8H12F3NO4/c1-2-8(10,11)4-16-7(14)15-3-5(9)6(12)13/h5H,2-4H2,1H3,(H2,12,13). The Bertz CT molecular complexity index is 260. The molecule has 0 aromatic heterocycles. The molecule has 1 unspecified atom stereocenters. The lowest BCUT2D eigenvalue weighted by Crippen LogP contribution is -2.31. The number of amides is 1. The van der Waals surface area contributed by atoms with Crippen LogP contribution in [-0.2, 0) is 14.3 Å². The quantitative estimate of drug-likeness (QED) is 0.706. The van der Waals surface area contributed by atoms with Gasteiger partial charge < -0.3 is 15.2 Å². The Morgan fingerprint density at radius 1 is 1.38 bits per heavy atom. The van der Waals surface area contributed by atoms with Gasteiger partial charge in [0.25, 0.3) is 11.8 Å². The molecule has 1 amide bonds. The molecule has 0 aromatic rings. The van der Waals surface area contributed by atoms with E-state index in [0.717, 1.165) is 0 Å². The van der Waals surface area contributed by atoms with Crippen molar-refractivity contribution in [2.45, 2.75) is 25.4 Å². The van der Waals surface area contributed by atoms with E-state index < -0.39 is 43.8 Å². The molecule has 0 fully saturated rings. The third-order valence-electron chi connectivity index (χ3n) is 1.57. The molecule has 0 rings (SSSR count). The molecule has 0 aromatic carbocycles. The average Bonchev–Trinajstić information content (AvgIpc) is 2.23. The highest BCUT2D eigenvalue weighted by atomic mass is 19.3. The van der Waals surface area contributed by atoms with E-state index >= 15 is 0 Å². The van der Waals surface area contributed by atoms with E-state index in [2.05, 4.69) is 15.2 Å². The third-order valence-corrected chi connectivity index (χ3v) is 1.57. The number of carbonyl (C=O) groups excluding carboxylic acids is 2. The van der Waals surface area contributed by atoms with Crippen LogP contribution in [0.4, 0.5) is 18.0 Å². The number of hydrogen-bond acceptors (Lipinski definition) is 4. The van der Waals surface area contributed by atoms with Gasteiger partial charge in [-0.1, -0.05) is 6.92 Å². The van der Waals surface area contributed by atoms with E-state index in [4.69, 9.17) is 0 Å². The summed E-state index contributed by atoms with van der Waals surface area (Å²) in [5, 5.41) is 0. The van der Waals surface area contributed by atoms with Crippen LogP contribution in [0.5, 0.6) is 0 Å². The number of hydrogen-bond donors (Lipinski definition) is 1. The summed E-state index contributed by atoms with van der Waals surface area (Å²) in [6, 6.07) is 0. The average molecular weight is 243 g/mol. The van der Waals surface area contributed by atoms with Gasteiger partial charge in [-0.05, 0) is 0 Å². The first-order valence-corrected chi connectivity index (χ1v) is 4.39. The minimum atomic E-state index is -3.15. The van der Waals surface area contributed by atoms with Crippen molar-refractivity contribution < 1.29 is 32.2 Å². The van der Waals surface area contributed by atoms with Crippen molar-refractivity contribution in [3.8, 4) is 0 Å². The van der Waals surface area contributed by atoms with Gasteiger partial charge in [-0.2, -0.15) is 0 Å². The topological polar surface area (TPSA) is 78.6 Å². The first kappa shape index (κ1) is 14.5. The zero-order chi connectivity index (χ0) is 12.8. The Balaban J connectivity index is 3.80. The van der Waals surface area contributed by atoms with E-state index in [1.165, 1.54) is 6.92 Å². The highest BCUT2D eigenvalue weighted by molar-refractivity contribution is 5.79. The van der Waals surface area contributed by atoms with Crippen molar-refractivity contribution in [3.05, 3.63) is 0 Å². The summed E-state index contributed by atoms with van der Waals surface area (Å²) in [4.78, 5) is 20.8. The van der Waals surface area contributed by atoms with Crippen LogP contribution in [-0.4, -0.2) is 37.4 Å². The fourth-order valence-corrected chi connectivity index (χ4v) is 0.532. The number of halogens is 3. The summed E-state index contributed by atoms with van der Waals surface area (Å²) in [6.07, 6.45) is -4.16. The fraction of sp³-hybridized carbons (Fsp3) is 0.750. The molecule has 1 atom stereocenters. The van der Waals surface area contributed by atoms with Crippen LogP contribution < -0.4 is 5.73 Å². The smallest absolute Gasteiger partial charge is 0.431 e. The maximum atomic E-state index is 12.6. The molecule has 0 bridgehead atoms. The summed E-state index contributed by atoms with van der Waals surface area (Å²) in [5.74, 6) is -4.47. The zero-order valence-corrected chi connectivity index (χ0v) is 8.54. The molecule has 0 saturated carbocycles. The number of nitrogens with two attached hydrogens (primary N) is 1. The maximum absolute atomic E-state index is 12.6. The molecule has 94 valence electrons. The molecule has 5 nitrogen and oxygen atoms in total. The number of primary amides is 1. The normalized spacial score (nSPS) is 13.0. The first-order chi connectivity index (χ1) is 7.28. The van der Waals surface area contributed by atoms with Crippen LogP contribution in [0, 0.1) is 0 Å². The predicted octanol–water partition coefficient (Wildman–Crippen LogP) is 1.01. The summed E-state index contributed by atoms with van der Waals surface area (Å²) >= 11 is 0. The highest BCUT2D eigenvalue weighted by Crippen LogP contribution is 2.17. The zero-order valence-electron chi connectivity index (χ0n) is 8.54. The van der Waals surface area contributed by atoms with Crippen LogP contribution >= 0.6 is 0 Å². The molecule has 0 aliphatic carbocycles. The molecule has 0 heterocycles. The van der Waals surface area contributed by atoms with E-state index in [9.17, 15) is 22.8 Å². The number of ether oxygens (including phenoxy) is 2. The molecule has 0 radical (unpaired) electrons. The first-order valence-electron chi connectivity index (χ1n) is 4.39. The summed E-state index contributed by atoms with van der Waals surface area (Å²) < 4.78 is 45.6. The molecular weight excluding hydrogens is 231 g/mol. The molecule has 16 heavy (non-hydrogen) atoms. The van der Waals surface area contributed by atoms with Crippen molar-refractivity contribution in [2.24, 2.45) is 5.73 Å². The van der Waals surface area contributed by atoms with Crippen LogP contribution in [0.3, 0.4) is 0 Å². The Labute approximate surface area is 89.7 Å². The third kappa shape index (κ3) is 6.10. The highest BCUT2D eigenvalue weighted by Gasteiger charge is 2.29. The molecule has 0 aliphatic heterocycles. The van der Waals surface area contributed by atoms with E-state index in [1.807, 2.05) is 0 Å². The Morgan fingerprint density at radius 2 is 1.94 bits per heavy atom. The van der Waals surface area contributed by atoms with Crippen molar-refractivity contribution in [3.63, 3.8) is 0 Å². The Kier molecular flexibility index (Phi) is 5.62. The Morgan fingerprint density at radius 3 is 2.38 bits per heavy atom. The lowest BCUT2D eigenvalue weighted by molar-refractivity contribution is -0.124. The summed E-state index contributed by atoms with van der Waals surface area (Å²) in [6.45, 7) is -0.902. The molecule has 2 N–H and O–H groups in total. The van der Waals surface area contributed by atoms with Gasteiger partial charge in [-0.25, -0.2) is 18.0 Å².